The number of esters is 1. The van der Waals surface area contributed by atoms with Gasteiger partial charge in [-0.05, 0) is 25.3 Å². The van der Waals surface area contributed by atoms with E-state index in [0.717, 1.165) is 0 Å². The molecule has 0 bridgehead atoms. The first-order valence-electron chi connectivity index (χ1n) is 5.37. The van der Waals surface area contributed by atoms with E-state index in [9.17, 15) is 14.4 Å². The molecule has 2 unspecified atom stereocenters. The van der Waals surface area contributed by atoms with Crippen molar-refractivity contribution in [3.8, 4) is 0 Å². The summed E-state index contributed by atoms with van der Waals surface area (Å²) in [4.78, 5) is 33.3. The lowest BCUT2D eigenvalue weighted by atomic mass is 10.2. The van der Waals surface area contributed by atoms with Gasteiger partial charge in [0.05, 0.1) is 19.7 Å². The molecule has 0 aromatic carbocycles. The lowest BCUT2D eigenvalue weighted by Gasteiger charge is -2.14. The van der Waals surface area contributed by atoms with E-state index in [1.165, 1.54) is 6.92 Å². The molecule has 0 spiro atoms. The zero-order chi connectivity index (χ0) is 16.1. The summed E-state index contributed by atoms with van der Waals surface area (Å²) in [5, 5.41) is 11.1. The molecule has 0 aliphatic rings. The lowest BCUT2D eigenvalue weighted by molar-refractivity contribution is -0.153. The second-order valence-corrected chi connectivity index (χ2v) is 4.47. The summed E-state index contributed by atoms with van der Waals surface area (Å²) in [5.74, 6) is -1.91. The van der Waals surface area contributed by atoms with Gasteiger partial charge in [0, 0.05) is 5.57 Å². The number of carbonyl (C=O) groups is 3. The fourth-order valence-corrected chi connectivity index (χ4v) is 0.806. The Kier molecular flexibility index (Phi) is 13.5. The fraction of sp³-hybridized carbons (Fsp3) is 0.500. The number of aliphatic hydroxyl groups is 1. The number of rotatable bonds is 7. The quantitative estimate of drug-likeness (QED) is 0.320. The van der Waals surface area contributed by atoms with Crippen LogP contribution in [-0.2, 0) is 19.1 Å². The van der Waals surface area contributed by atoms with Crippen LogP contribution in [0.4, 0.5) is 0 Å². The van der Waals surface area contributed by atoms with E-state index in [-0.39, 0.29) is 18.7 Å². The Hall–Kier alpha value is -1.20. The minimum Gasteiger partial charge on any atom is -0.448 e. The number of nitrogens with zero attached hydrogens (tertiary/aromatic N) is 1. The first-order chi connectivity index (χ1) is 9.33. The van der Waals surface area contributed by atoms with Gasteiger partial charge in [0.15, 0.2) is 11.9 Å². The van der Waals surface area contributed by atoms with E-state index in [1.54, 1.807) is 0 Å². The summed E-state index contributed by atoms with van der Waals surface area (Å²) in [6, 6.07) is 0. The van der Waals surface area contributed by atoms with Crippen molar-refractivity contribution in [3.63, 3.8) is 0 Å². The maximum absolute atomic E-state index is 11.4. The van der Waals surface area contributed by atoms with Crippen molar-refractivity contribution in [1.82, 2.24) is 5.32 Å². The van der Waals surface area contributed by atoms with Crippen molar-refractivity contribution >= 4 is 36.1 Å². The van der Waals surface area contributed by atoms with Crippen LogP contribution in [0.3, 0.4) is 0 Å². The van der Waals surface area contributed by atoms with Crippen molar-refractivity contribution in [2.75, 3.05) is 19.7 Å². The molecule has 2 atom stereocenters. The van der Waals surface area contributed by atoms with Gasteiger partial charge in [-0.15, -0.1) is 0 Å². The number of nitrogens with two attached hydrogens (primary N) is 1. The minimum atomic E-state index is -1.31. The van der Waals surface area contributed by atoms with Gasteiger partial charge in [-0.3, -0.25) is 14.1 Å². The van der Waals surface area contributed by atoms with Gasteiger partial charge in [0.2, 0.25) is 5.91 Å². The third kappa shape index (κ3) is 10.7. The van der Waals surface area contributed by atoms with Crippen LogP contribution in [-0.4, -0.2) is 48.6 Å². The summed E-state index contributed by atoms with van der Waals surface area (Å²) < 4.78 is 7.89. The number of carbonyl (C=O) groups excluding carboxylic acids is 3. The number of hydrogen-bond donors (Lipinski definition) is 3. The Morgan fingerprint density at radius 1 is 1.55 bits per heavy atom. The van der Waals surface area contributed by atoms with Crippen LogP contribution in [0.2, 0.25) is 0 Å². The largest absolute Gasteiger partial charge is 0.448 e. The predicted octanol–water partition coefficient (Wildman–Crippen LogP) is -0.786. The summed E-state index contributed by atoms with van der Waals surface area (Å²) in [7, 11) is 4.89. The third-order valence-corrected chi connectivity index (χ3v) is 1.77. The molecule has 0 saturated carbocycles. The molecule has 0 aromatic heterocycles. The van der Waals surface area contributed by atoms with Crippen molar-refractivity contribution in [3.05, 3.63) is 12.2 Å². The molecule has 0 rings (SSSR count). The molecule has 114 valence electrons. The summed E-state index contributed by atoms with van der Waals surface area (Å²) >= 11 is 0. The minimum absolute atomic E-state index is 0.113. The molecule has 0 aromatic rings. The van der Waals surface area contributed by atoms with Crippen LogP contribution in [0.25, 0.3) is 0 Å². The molecule has 0 heterocycles. The van der Waals surface area contributed by atoms with E-state index >= 15 is 0 Å². The van der Waals surface area contributed by atoms with Crippen molar-refractivity contribution in [2.24, 2.45) is 10.2 Å². The summed E-state index contributed by atoms with van der Waals surface area (Å²) in [6.45, 7) is 3.49. The number of Topliss-reactive ketones (excluding diaryl/α,β-unsaturated/α-hetero) is 1. The van der Waals surface area contributed by atoms with Gasteiger partial charge in [0.25, 0.3) is 0 Å². The number of amides is 1. The van der Waals surface area contributed by atoms with Crippen molar-refractivity contribution in [2.45, 2.75) is 13.0 Å². The normalized spacial score (nSPS) is 10.4. The molecule has 1 amide bonds. The standard InChI is InChI=1S/C10H16N2O5.H3NP2/c1-6(2)10(16)17-8(5-13)7(14)4-12-9(15)3-11;2-1-3/h8,13H,1,3-5,11H2,2H3,(H,12,15);2H,3H2. The monoisotopic (exact) mass is 323 g/mol. The first-order valence-corrected chi connectivity index (χ1v) is 6.33. The molecule has 0 radical (unpaired) electrons. The smallest absolute Gasteiger partial charge is 0.333 e. The van der Waals surface area contributed by atoms with Crippen molar-refractivity contribution in [1.29, 1.82) is 0 Å². The maximum atomic E-state index is 11.4. The highest BCUT2D eigenvalue weighted by molar-refractivity contribution is 7.23. The molecule has 8 nitrogen and oxygen atoms in total. The number of aliphatic hydroxyl groups excluding tert-OH is 1. The molecular formula is C10H19N3O5P2. The Morgan fingerprint density at radius 2 is 2.05 bits per heavy atom. The molecule has 0 aliphatic carbocycles. The number of nitrogens with one attached hydrogen (secondary N) is 1. The molecular weight excluding hydrogens is 304 g/mol. The SMILES string of the molecule is C=C(C)C(=O)OC(CO)C(=O)CNC(=O)CN.P=NP. The van der Waals surface area contributed by atoms with Gasteiger partial charge >= 0.3 is 5.97 Å². The molecule has 0 saturated heterocycles. The van der Waals surface area contributed by atoms with Gasteiger partial charge in [-0.1, -0.05) is 6.58 Å². The van der Waals surface area contributed by atoms with E-state index in [1.807, 2.05) is 0 Å². The lowest BCUT2D eigenvalue weighted by Crippen LogP contribution is -2.41. The summed E-state index contributed by atoms with van der Waals surface area (Å²) in [6.07, 6.45) is -1.31. The van der Waals surface area contributed by atoms with Gasteiger partial charge in [0.1, 0.15) is 0 Å². The highest BCUT2D eigenvalue weighted by Gasteiger charge is 2.22. The fourth-order valence-electron chi connectivity index (χ4n) is 0.806. The van der Waals surface area contributed by atoms with Gasteiger partial charge in [-0.25, -0.2) is 4.79 Å². The Morgan fingerprint density at radius 3 is 2.40 bits per heavy atom. The highest BCUT2D eigenvalue weighted by Crippen LogP contribution is 1.99. The number of ketones is 1. The highest BCUT2D eigenvalue weighted by atomic mass is 31.1. The molecule has 20 heavy (non-hydrogen) atoms. The van der Waals surface area contributed by atoms with Crippen LogP contribution in [0.1, 0.15) is 6.92 Å². The molecule has 4 N–H and O–H groups in total. The predicted molar refractivity (Wildman–Crippen MR) is 79.3 cm³/mol. The summed E-state index contributed by atoms with van der Waals surface area (Å²) in [5.41, 5.74) is 5.13. The molecule has 0 aliphatic heterocycles. The van der Waals surface area contributed by atoms with Crippen LogP contribution in [0.15, 0.2) is 16.7 Å². The maximum Gasteiger partial charge on any atom is 0.333 e. The van der Waals surface area contributed by atoms with E-state index in [2.05, 4.69) is 39.6 Å². The van der Waals surface area contributed by atoms with E-state index in [4.69, 9.17) is 10.8 Å². The van der Waals surface area contributed by atoms with E-state index < -0.39 is 30.4 Å². The average Bonchev–Trinajstić information content (AvgIpc) is 2.41. The topological polar surface area (TPSA) is 131 Å². The molecule has 10 heteroatoms. The van der Waals surface area contributed by atoms with Gasteiger partial charge < -0.3 is 20.9 Å². The third-order valence-electron chi connectivity index (χ3n) is 1.77. The first kappa shape index (κ1) is 21.1. The Balaban J connectivity index is 0. The second kappa shape index (κ2) is 12.8. The van der Waals surface area contributed by atoms with Crippen LogP contribution in [0, 0.1) is 0 Å². The Bertz CT molecular complexity index is 376. The zero-order valence-electron chi connectivity index (χ0n) is 11.1. The number of hydrogen-bond acceptors (Lipinski definition) is 7. The van der Waals surface area contributed by atoms with Gasteiger partial charge in [-0.2, -0.15) is 0 Å². The second-order valence-electron chi connectivity index (χ2n) is 3.43. The zero-order valence-corrected chi connectivity index (χ0v) is 13.2. The van der Waals surface area contributed by atoms with E-state index in [0.29, 0.717) is 0 Å². The van der Waals surface area contributed by atoms with Crippen LogP contribution < -0.4 is 11.1 Å². The molecule has 0 fully saturated rings. The number of ether oxygens (including phenoxy) is 1. The van der Waals surface area contributed by atoms with Crippen LogP contribution in [0.5, 0.6) is 0 Å². The average molecular weight is 323 g/mol. The van der Waals surface area contributed by atoms with Crippen molar-refractivity contribution < 1.29 is 24.2 Å². The van der Waals surface area contributed by atoms with Crippen LogP contribution >= 0.6 is 18.4 Å². The Labute approximate surface area is 121 Å².